The number of amides is 1. The molecule has 3 nitrogen and oxygen atoms in total. The number of hydrogen-bond acceptors (Lipinski definition) is 2. The normalized spacial score (nSPS) is 11.8. The second-order valence-electron chi connectivity index (χ2n) is 5.21. The molecule has 1 unspecified atom stereocenters. The molecular weight excluding hydrogens is 342 g/mol. The number of anilines is 1. The van der Waals surface area contributed by atoms with Gasteiger partial charge in [0.2, 0.25) is 0 Å². The van der Waals surface area contributed by atoms with Crippen LogP contribution in [0.3, 0.4) is 0 Å². The van der Waals surface area contributed by atoms with Crippen molar-refractivity contribution in [2.24, 2.45) is 0 Å². The van der Waals surface area contributed by atoms with E-state index in [0.717, 1.165) is 27.0 Å². The van der Waals surface area contributed by atoms with Gasteiger partial charge in [-0.25, -0.2) is 0 Å². The van der Waals surface area contributed by atoms with Crippen LogP contribution >= 0.6 is 15.9 Å². The van der Waals surface area contributed by atoms with Gasteiger partial charge in [0, 0.05) is 10.2 Å². The molecule has 0 fully saturated rings. The number of carbonyl (C=O) groups is 1. The average Bonchev–Trinajstić information content (AvgIpc) is 2.48. The highest BCUT2D eigenvalue weighted by molar-refractivity contribution is 9.10. The van der Waals surface area contributed by atoms with E-state index in [-0.39, 0.29) is 5.91 Å². The maximum absolute atomic E-state index is 12.4. The van der Waals surface area contributed by atoms with Crippen molar-refractivity contribution in [3.8, 4) is 5.75 Å². The van der Waals surface area contributed by atoms with Crippen molar-refractivity contribution in [3.63, 3.8) is 0 Å². The van der Waals surface area contributed by atoms with Crippen molar-refractivity contribution < 1.29 is 9.53 Å². The lowest BCUT2D eigenvalue weighted by Gasteiger charge is -2.19. The Bertz CT molecular complexity index is 670. The molecule has 1 amide bonds. The Hall–Kier alpha value is -1.81. The van der Waals surface area contributed by atoms with Crippen molar-refractivity contribution in [3.05, 3.63) is 58.1 Å². The van der Waals surface area contributed by atoms with Crippen LogP contribution in [0.15, 0.2) is 46.9 Å². The van der Waals surface area contributed by atoms with Crippen LogP contribution < -0.4 is 10.1 Å². The number of nitrogens with one attached hydrogen (secondary N) is 1. The molecule has 2 aromatic carbocycles. The van der Waals surface area contributed by atoms with E-state index in [0.29, 0.717) is 6.42 Å². The number of benzene rings is 2. The van der Waals surface area contributed by atoms with Gasteiger partial charge in [-0.2, -0.15) is 0 Å². The van der Waals surface area contributed by atoms with Crippen LogP contribution in [0.4, 0.5) is 5.69 Å². The lowest BCUT2D eigenvalue weighted by Crippen LogP contribution is -2.32. The van der Waals surface area contributed by atoms with Crippen LogP contribution in [0, 0.1) is 13.8 Å². The summed E-state index contributed by atoms with van der Waals surface area (Å²) in [6.07, 6.45) is 0.0900. The van der Waals surface area contributed by atoms with Crippen LogP contribution in [-0.4, -0.2) is 12.0 Å². The van der Waals surface area contributed by atoms with Gasteiger partial charge in [-0.3, -0.25) is 4.79 Å². The predicted octanol–water partition coefficient (Wildman–Crippen LogP) is 4.86. The van der Waals surface area contributed by atoms with E-state index in [4.69, 9.17) is 4.74 Å². The number of carbonyl (C=O) groups excluding carboxylic acids is 1. The first-order valence-electron chi connectivity index (χ1n) is 7.30. The Morgan fingerprint density at radius 2 is 1.95 bits per heavy atom. The molecule has 0 aliphatic carbocycles. The molecule has 1 N–H and O–H groups in total. The zero-order valence-electron chi connectivity index (χ0n) is 13.0. The van der Waals surface area contributed by atoms with Gasteiger partial charge in [-0.1, -0.05) is 41.1 Å². The molecule has 0 bridgehead atoms. The van der Waals surface area contributed by atoms with Crippen LogP contribution in [-0.2, 0) is 4.79 Å². The second-order valence-corrected chi connectivity index (χ2v) is 6.13. The zero-order valence-corrected chi connectivity index (χ0v) is 14.6. The van der Waals surface area contributed by atoms with Crippen LogP contribution in [0.5, 0.6) is 5.75 Å². The Morgan fingerprint density at radius 3 is 2.64 bits per heavy atom. The number of rotatable bonds is 5. The third kappa shape index (κ3) is 4.10. The Balaban J connectivity index is 2.10. The average molecular weight is 362 g/mol. The Labute approximate surface area is 139 Å². The van der Waals surface area contributed by atoms with Crippen molar-refractivity contribution in [2.45, 2.75) is 33.3 Å². The highest BCUT2D eigenvalue weighted by atomic mass is 79.9. The van der Waals surface area contributed by atoms with Crippen molar-refractivity contribution >= 4 is 27.5 Å². The summed E-state index contributed by atoms with van der Waals surface area (Å²) in [5.74, 6) is 0.623. The fraction of sp³-hybridized carbons (Fsp3) is 0.278. The van der Waals surface area contributed by atoms with Crippen molar-refractivity contribution in [2.75, 3.05) is 5.32 Å². The Kier molecular flexibility index (Phi) is 5.61. The number of hydrogen-bond donors (Lipinski definition) is 1. The molecule has 4 heteroatoms. The van der Waals surface area contributed by atoms with E-state index < -0.39 is 6.10 Å². The summed E-state index contributed by atoms with van der Waals surface area (Å²) in [5.41, 5.74) is 2.97. The minimum Gasteiger partial charge on any atom is -0.480 e. The minimum atomic E-state index is -0.514. The van der Waals surface area contributed by atoms with E-state index in [1.165, 1.54) is 0 Å². The molecule has 0 aliphatic heterocycles. The molecule has 0 aliphatic rings. The fourth-order valence-corrected chi connectivity index (χ4v) is 2.52. The van der Waals surface area contributed by atoms with E-state index in [1.54, 1.807) is 0 Å². The van der Waals surface area contributed by atoms with E-state index in [2.05, 4.69) is 21.2 Å². The van der Waals surface area contributed by atoms with Gasteiger partial charge < -0.3 is 10.1 Å². The molecule has 0 saturated carbocycles. The highest BCUT2D eigenvalue weighted by Crippen LogP contribution is 2.23. The number of aryl methyl sites for hydroxylation is 1. The summed E-state index contributed by atoms with van der Waals surface area (Å²) in [5, 5.41) is 2.89. The summed E-state index contributed by atoms with van der Waals surface area (Å²) in [6, 6.07) is 13.4. The molecule has 22 heavy (non-hydrogen) atoms. The molecule has 0 radical (unpaired) electrons. The molecule has 0 heterocycles. The topological polar surface area (TPSA) is 38.3 Å². The van der Waals surface area contributed by atoms with Gasteiger partial charge in [0.1, 0.15) is 5.75 Å². The monoisotopic (exact) mass is 361 g/mol. The second kappa shape index (κ2) is 7.45. The van der Waals surface area contributed by atoms with Crippen LogP contribution in [0.2, 0.25) is 0 Å². The molecule has 2 aromatic rings. The molecule has 2 rings (SSSR count). The van der Waals surface area contributed by atoms with E-state index in [9.17, 15) is 4.79 Å². The summed E-state index contributed by atoms with van der Waals surface area (Å²) in [7, 11) is 0. The molecule has 0 spiro atoms. The first kappa shape index (κ1) is 16.6. The number of halogens is 1. The van der Waals surface area contributed by atoms with E-state index >= 15 is 0 Å². The van der Waals surface area contributed by atoms with Crippen LogP contribution in [0.1, 0.15) is 24.5 Å². The molecule has 0 aromatic heterocycles. The smallest absolute Gasteiger partial charge is 0.265 e. The number of ether oxygens (including phenoxy) is 1. The van der Waals surface area contributed by atoms with Gasteiger partial charge >= 0.3 is 0 Å². The molecule has 0 saturated heterocycles. The van der Waals surface area contributed by atoms with Crippen molar-refractivity contribution in [1.82, 2.24) is 0 Å². The van der Waals surface area contributed by atoms with Crippen molar-refractivity contribution in [1.29, 1.82) is 0 Å². The quantitative estimate of drug-likeness (QED) is 0.825. The van der Waals surface area contributed by atoms with Gasteiger partial charge in [-0.05, 0) is 55.7 Å². The maximum atomic E-state index is 12.4. The van der Waals surface area contributed by atoms with Gasteiger partial charge in [-0.15, -0.1) is 0 Å². The molecule has 116 valence electrons. The van der Waals surface area contributed by atoms with Gasteiger partial charge in [0.05, 0.1) is 0 Å². The minimum absolute atomic E-state index is 0.137. The van der Waals surface area contributed by atoms with Gasteiger partial charge in [0.15, 0.2) is 6.10 Å². The standard InChI is InChI=1S/C18H20BrNO2/c1-4-16(22-17-10-5-7-12(2)13(17)3)18(21)20-15-9-6-8-14(19)11-15/h5-11,16H,4H2,1-3H3,(H,20,21). The third-order valence-corrected chi connectivity index (χ3v) is 4.07. The summed E-state index contributed by atoms with van der Waals surface area (Å²) < 4.78 is 6.84. The molecular formula is C18H20BrNO2. The third-order valence-electron chi connectivity index (χ3n) is 3.58. The SMILES string of the molecule is CCC(Oc1cccc(C)c1C)C(=O)Nc1cccc(Br)c1. The largest absolute Gasteiger partial charge is 0.480 e. The lowest BCUT2D eigenvalue weighted by atomic mass is 10.1. The first-order chi connectivity index (χ1) is 10.5. The molecule has 1 atom stereocenters. The fourth-order valence-electron chi connectivity index (χ4n) is 2.12. The predicted molar refractivity (Wildman–Crippen MR) is 93.4 cm³/mol. The lowest BCUT2D eigenvalue weighted by molar-refractivity contribution is -0.122. The van der Waals surface area contributed by atoms with Crippen LogP contribution in [0.25, 0.3) is 0 Å². The Morgan fingerprint density at radius 1 is 1.23 bits per heavy atom. The summed E-state index contributed by atoms with van der Waals surface area (Å²) in [4.78, 5) is 12.4. The van der Waals surface area contributed by atoms with E-state index in [1.807, 2.05) is 63.2 Å². The summed E-state index contributed by atoms with van der Waals surface area (Å²) >= 11 is 3.39. The zero-order chi connectivity index (χ0) is 16.1. The maximum Gasteiger partial charge on any atom is 0.265 e. The highest BCUT2D eigenvalue weighted by Gasteiger charge is 2.19. The summed E-state index contributed by atoms with van der Waals surface area (Å²) in [6.45, 7) is 5.98. The first-order valence-corrected chi connectivity index (χ1v) is 8.10. The van der Waals surface area contributed by atoms with Gasteiger partial charge in [0.25, 0.3) is 5.91 Å².